The van der Waals surface area contributed by atoms with Gasteiger partial charge in [0.2, 0.25) is 0 Å². The zero-order chi connectivity index (χ0) is 12.1. The molecule has 1 aromatic rings. The Morgan fingerprint density at radius 3 is 3.35 bits per heavy atom. The van der Waals surface area contributed by atoms with Crippen LogP contribution in [-0.4, -0.2) is 24.1 Å². The van der Waals surface area contributed by atoms with Crippen LogP contribution in [0, 0.1) is 11.8 Å². The number of anilines is 1. The Kier molecular flexibility index (Phi) is 3.61. The van der Waals surface area contributed by atoms with E-state index in [0.717, 1.165) is 24.3 Å². The average Bonchev–Trinajstić information content (AvgIpc) is 2.76. The molecular formula is C13H14N2O2. The molecule has 0 amide bonds. The van der Waals surface area contributed by atoms with Crippen molar-refractivity contribution < 1.29 is 9.53 Å². The number of pyridine rings is 1. The monoisotopic (exact) mass is 230 g/mol. The van der Waals surface area contributed by atoms with Crippen LogP contribution in [0.25, 0.3) is 0 Å². The Bertz CT molecular complexity index is 486. The lowest BCUT2D eigenvalue weighted by Crippen LogP contribution is -2.01. The summed E-state index contributed by atoms with van der Waals surface area (Å²) in [6.07, 6.45) is 2.83. The second-order valence-corrected chi connectivity index (χ2v) is 3.69. The summed E-state index contributed by atoms with van der Waals surface area (Å²) in [6, 6.07) is 2.01. The third-order valence-corrected chi connectivity index (χ3v) is 2.42. The van der Waals surface area contributed by atoms with Crippen LogP contribution in [0.3, 0.4) is 0 Å². The molecule has 17 heavy (non-hydrogen) atoms. The number of rotatable bonds is 2. The number of ether oxygens (including phenoxy) is 1. The fraction of sp³-hybridized carbons (Fsp3) is 0.385. The molecule has 0 bridgehead atoms. The van der Waals surface area contributed by atoms with Crippen LogP contribution in [0.5, 0.6) is 0 Å². The first-order chi connectivity index (χ1) is 8.29. The van der Waals surface area contributed by atoms with E-state index in [4.69, 9.17) is 4.74 Å². The first kappa shape index (κ1) is 11.5. The Labute approximate surface area is 100 Å². The van der Waals surface area contributed by atoms with Crippen molar-refractivity contribution in [2.75, 3.05) is 18.5 Å². The fourth-order valence-corrected chi connectivity index (χ4v) is 1.67. The Morgan fingerprint density at radius 2 is 2.53 bits per heavy atom. The highest BCUT2D eigenvalue weighted by atomic mass is 16.5. The van der Waals surface area contributed by atoms with E-state index in [2.05, 4.69) is 22.1 Å². The van der Waals surface area contributed by atoms with Gasteiger partial charge in [-0.15, -0.1) is 0 Å². The van der Waals surface area contributed by atoms with Crippen molar-refractivity contribution in [3.63, 3.8) is 0 Å². The van der Waals surface area contributed by atoms with E-state index < -0.39 is 0 Å². The van der Waals surface area contributed by atoms with Gasteiger partial charge < -0.3 is 10.1 Å². The Balaban J connectivity index is 1.99. The van der Waals surface area contributed by atoms with Gasteiger partial charge in [-0.25, -0.2) is 4.98 Å². The summed E-state index contributed by atoms with van der Waals surface area (Å²) in [4.78, 5) is 15.3. The summed E-state index contributed by atoms with van der Waals surface area (Å²) < 4.78 is 4.79. The quantitative estimate of drug-likeness (QED) is 0.615. The van der Waals surface area contributed by atoms with Crippen LogP contribution in [0.15, 0.2) is 12.3 Å². The van der Waals surface area contributed by atoms with E-state index in [9.17, 15) is 4.79 Å². The lowest BCUT2D eigenvalue weighted by atomic mass is 10.1. The Hall–Kier alpha value is -2.02. The smallest absolute Gasteiger partial charge is 0.317 e. The van der Waals surface area contributed by atoms with Gasteiger partial charge in [-0.05, 0) is 25.0 Å². The molecule has 0 spiro atoms. The standard InChI is InChI=1S/C13H14N2O2/c1-2-17-12(16)5-3-4-10-8-11-6-7-14-13(11)15-9-10/h8-9H,2,5-7H2,1H3,(H,14,15). The van der Waals surface area contributed by atoms with Crippen LogP contribution < -0.4 is 5.32 Å². The molecule has 1 aliphatic rings. The average molecular weight is 230 g/mol. The zero-order valence-corrected chi connectivity index (χ0v) is 9.75. The lowest BCUT2D eigenvalue weighted by molar-refractivity contribution is -0.141. The van der Waals surface area contributed by atoms with Gasteiger partial charge in [-0.1, -0.05) is 11.8 Å². The van der Waals surface area contributed by atoms with Crippen LogP contribution in [-0.2, 0) is 16.0 Å². The number of esters is 1. The van der Waals surface area contributed by atoms with Gasteiger partial charge in [0.15, 0.2) is 0 Å². The summed E-state index contributed by atoms with van der Waals surface area (Å²) in [5, 5.41) is 3.18. The topological polar surface area (TPSA) is 51.2 Å². The van der Waals surface area contributed by atoms with Crippen molar-refractivity contribution in [2.45, 2.75) is 19.8 Å². The van der Waals surface area contributed by atoms with Crippen LogP contribution in [0.4, 0.5) is 5.82 Å². The summed E-state index contributed by atoms with van der Waals surface area (Å²) in [7, 11) is 0. The SMILES string of the molecule is CCOC(=O)CC#Cc1cnc2c(c1)CCN2. The maximum atomic E-state index is 11.1. The van der Waals surface area contributed by atoms with Gasteiger partial charge in [0, 0.05) is 18.3 Å². The number of hydrogen-bond acceptors (Lipinski definition) is 4. The summed E-state index contributed by atoms with van der Waals surface area (Å²) in [6.45, 7) is 3.11. The number of carbonyl (C=O) groups excluding carboxylic acids is 1. The van der Waals surface area contributed by atoms with E-state index in [1.807, 2.05) is 6.07 Å². The highest BCUT2D eigenvalue weighted by molar-refractivity contribution is 5.72. The van der Waals surface area contributed by atoms with Gasteiger partial charge in [0.1, 0.15) is 12.2 Å². The normalized spacial score (nSPS) is 12.1. The first-order valence-corrected chi connectivity index (χ1v) is 5.67. The van der Waals surface area contributed by atoms with E-state index in [-0.39, 0.29) is 12.4 Å². The molecule has 4 heteroatoms. The lowest BCUT2D eigenvalue weighted by Gasteiger charge is -1.98. The number of fused-ring (bicyclic) bond motifs is 1. The van der Waals surface area contributed by atoms with Crippen molar-refractivity contribution in [3.8, 4) is 11.8 Å². The summed E-state index contributed by atoms with van der Waals surface area (Å²) in [5.41, 5.74) is 2.03. The maximum absolute atomic E-state index is 11.1. The number of nitrogens with one attached hydrogen (secondary N) is 1. The molecule has 0 atom stereocenters. The second kappa shape index (κ2) is 5.35. The number of nitrogens with zero attached hydrogens (tertiary/aromatic N) is 1. The summed E-state index contributed by atoms with van der Waals surface area (Å²) >= 11 is 0. The predicted molar refractivity (Wildman–Crippen MR) is 64.6 cm³/mol. The molecule has 0 unspecified atom stereocenters. The molecule has 0 saturated carbocycles. The number of carbonyl (C=O) groups is 1. The number of hydrogen-bond donors (Lipinski definition) is 1. The fourth-order valence-electron chi connectivity index (χ4n) is 1.67. The van der Waals surface area contributed by atoms with Crippen molar-refractivity contribution in [1.82, 2.24) is 4.98 Å². The van der Waals surface area contributed by atoms with Crippen molar-refractivity contribution in [3.05, 3.63) is 23.4 Å². The van der Waals surface area contributed by atoms with E-state index in [1.54, 1.807) is 13.1 Å². The first-order valence-electron chi connectivity index (χ1n) is 5.67. The minimum absolute atomic E-state index is 0.128. The van der Waals surface area contributed by atoms with Gasteiger partial charge in [-0.3, -0.25) is 4.79 Å². The third-order valence-electron chi connectivity index (χ3n) is 2.42. The van der Waals surface area contributed by atoms with Crippen LogP contribution >= 0.6 is 0 Å². The molecule has 0 aromatic carbocycles. The second-order valence-electron chi connectivity index (χ2n) is 3.69. The molecule has 88 valence electrons. The molecule has 0 fully saturated rings. The predicted octanol–water partition coefficient (Wildman–Crippen LogP) is 1.35. The molecule has 0 radical (unpaired) electrons. The van der Waals surface area contributed by atoms with Gasteiger partial charge >= 0.3 is 5.97 Å². The molecule has 1 aliphatic heterocycles. The molecule has 2 rings (SSSR count). The Morgan fingerprint density at radius 1 is 1.65 bits per heavy atom. The van der Waals surface area contributed by atoms with E-state index in [1.165, 1.54) is 5.56 Å². The highest BCUT2D eigenvalue weighted by Gasteiger charge is 2.10. The summed E-state index contributed by atoms with van der Waals surface area (Å²) in [5.74, 6) is 6.38. The van der Waals surface area contributed by atoms with Crippen LogP contribution in [0.1, 0.15) is 24.5 Å². The molecule has 0 aliphatic carbocycles. The molecule has 1 N–H and O–H groups in total. The third kappa shape index (κ3) is 2.97. The highest BCUT2D eigenvalue weighted by Crippen LogP contribution is 2.19. The van der Waals surface area contributed by atoms with Gasteiger partial charge in [0.05, 0.1) is 6.61 Å². The van der Waals surface area contributed by atoms with Gasteiger partial charge in [0.25, 0.3) is 0 Å². The van der Waals surface area contributed by atoms with Crippen molar-refractivity contribution in [2.24, 2.45) is 0 Å². The van der Waals surface area contributed by atoms with E-state index >= 15 is 0 Å². The minimum Gasteiger partial charge on any atom is -0.465 e. The van der Waals surface area contributed by atoms with Crippen LogP contribution in [0.2, 0.25) is 0 Å². The molecule has 0 saturated heterocycles. The molecule has 2 heterocycles. The van der Waals surface area contributed by atoms with E-state index in [0.29, 0.717) is 6.61 Å². The van der Waals surface area contributed by atoms with Crippen molar-refractivity contribution in [1.29, 1.82) is 0 Å². The number of aromatic nitrogens is 1. The zero-order valence-electron chi connectivity index (χ0n) is 9.75. The van der Waals surface area contributed by atoms with Crippen molar-refractivity contribution >= 4 is 11.8 Å². The largest absolute Gasteiger partial charge is 0.465 e. The molecule has 4 nitrogen and oxygen atoms in total. The molecule has 1 aromatic heterocycles. The van der Waals surface area contributed by atoms with Gasteiger partial charge in [-0.2, -0.15) is 0 Å². The minimum atomic E-state index is -0.282. The maximum Gasteiger partial charge on any atom is 0.317 e. The molecular weight excluding hydrogens is 216 g/mol.